The summed E-state index contributed by atoms with van der Waals surface area (Å²) in [5.74, 6) is 1.64. The summed E-state index contributed by atoms with van der Waals surface area (Å²) in [4.78, 5) is 4.71. The largest absolute Gasteiger partial charge is 0.459 e. The third-order valence-electron chi connectivity index (χ3n) is 11.4. The first-order valence-corrected chi connectivity index (χ1v) is 19.1. The monoisotopic (exact) mass is 700 g/mol. The molecule has 54 heavy (non-hydrogen) atoms. The minimum absolute atomic E-state index is 0.0326. The Labute approximate surface area is 318 Å². The van der Waals surface area contributed by atoms with Crippen LogP contribution in [0.3, 0.4) is 0 Å². The fourth-order valence-corrected chi connectivity index (χ4v) is 8.69. The fraction of sp³-hybridized carbons (Fsp3) is 0.137. The average Bonchev–Trinajstić information content (AvgIpc) is 3.60. The van der Waals surface area contributed by atoms with E-state index in [1.807, 2.05) is 0 Å². The van der Waals surface area contributed by atoms with Crippen LogP contribution in [0.4, 0.5) is 28.4 Å². The standard InChI is InChI=1S/C51H44N2O/c1-35-16-10-11-21-44(35)38-26-28-39(29-27-38)50-36(2)45-22-12-14-24-47(45)52(34-49-51(37(50)3)46-23-13-15-25-48(46)54-49)40-30-32-43(33-31-40)53(41-17-6-4-7-18-41)42-19-8-5-9-20-42/h4-15,17-33,35,37,50H,2,16,34H2,1,3H3. The molecule has 0 bridgehead atoms. The maximum Gasteiger partial charge on any atom is 0.134 e. The molecule has 9 rings (SSSR count). The molecule has 7 aromatic rings. The van der Waals surface area contributed by atoms with Gasteiger partial charge in [-0.2, -0.15) is 0 Å². The molecule has 1 aliphatic carbocycles. The van der Waals surface area contributed by atoms with Gasteiger partial charge in [0.1, 0.15) is 11.3 Å². The molecule has 0 fully saturated rings. The lowest BCUT2D eigenvalue weighted by atomic mass is 9.75. The van der Waals surface area contributed by atoms with Gasteiger partial charge in [0.2, 0.25) is 0 Å². The third kappa shape index (κ3) is 6.06. The quantitative estimate of drug-likeness (QED) is 0.172. The predicted molar refractivity (Wildman–Crippen MR) is 227 cm³/mol. The van der Waals surface area contributed by atoms with Crippen LogP contribution in [0.25, 0.3) is 22.1 Å². The minimum atomic E-state index is 0.0326. The lowest BCUT2D eigenvalue weighted by Gasteiger charge is -2.30. The number of furan rings is 1. The highest BCUT2D eigenvalue weighted by atomic mass is 16.3. The molecule has 0 spiro atoms. The van der Waals surface area contributed by atoms with Crippen LogP contribution in [0.5, 0.6) is 0 Å². The second kappa shape index (κ2) is 14.2. The van der Waals surface area contributed by atoms with Crippen LogP contribution in [-0.4, -0.2) is 0 Å². The first-order valence-electron chi connectivity index (χ1n) is 19.1. The Morgan fingerprint density at radius 1 is 0.667 bits per heavy atom. The SMILES string of the molecule is C=C1c2ccccc2N(c2ccc(N(c3ccccc3)c3ccccc3)cc2)Cc2oc3ccccc3c2C(C)C1c1ccc(C2=CC=CCC2C)cc1. The van der Waals surface area contributed by atoms with Crippen molar-refractivity contribution in [1.29, 1.82) is 0 Å². The molecule has 1 aliphatic heterocycles. The summed E-state index contributed by atoms with van der Waals surface area (Å²) in [6.07, 6.45) is 7.80. The van der Waals surface area contributed by atoms with Crippen LogP contribution >= 0.6 is 0 Å². The number of allylic oxidation sites excluding steroid dienone is 5. The Balaban J connectivity index is 1.17. The summed E-state index contributed by atoms with van der Waals surface area (Å²) >= 11 is 0. The van der Waals surface area contributed by atoms with Crippen molar-refractivity contribution < 1.29 is 4.42 Å². The molecule has 264 valence electrons. The predicted octanol–water partition coefficient (Wildman–Crippen LogP) is 14.1. The van der Waals surface area contributed by atoms with E-state index in [-0.39, 0.29) is 11.8 Å². The Hall–Kier alpha value is -6.32. The van der Waals surface area contributed by atoms with Crippen LogP contribution in [0.1, 0.15) is 60.1 Å². The Morgan fingerprint density at radius 3 is 2.00 bits per heavy atom. The Morgan fingerprint density at radius 2 is 1.30 bits per heavy atom. The molecule has 0 N–H and O–H groups in total. The lowest BCUT2D eigenvalue weighted by molar-refractivity contribution is 0.533. The zero-order valence-electron chi connectivity index (χ0n) is 30.9. The molecule has 0 saturated carbocycles. The first-order chi connectivity index (χ1) is 26.5. The van der Waals surface area contributed by atoms with Gasteiger partial charge in [0.25, 0.3) is 0 Å². The van der Waals surface area contributed by atoms with Crippen molar-refractivity contribution in [2.75, 3.05) is 9.80 Å². The van der Waals surface area contributed by atoms with Gasteiger partial charge in [-0.15, -0.1) is 0 Å². The van der Waals surface area contributed by atoms with Crippen molar-refractivity contribution in [2.24, 2.45) is 5.92 Å². The summed E-state index contributed by atoms with van der Waals surface area (Å²) < 4.78 is 6.83. The van der Waals surface area contributed by atoms with E-state index in [4.69, 9.17) is 11.0 Å². The molecule has 6 aromatic carbocycles. The second-order valence-electron chi connectivity index (χ2n) is 14.7. The molecular weight excluding hydrogens is 657 g/mol. The van der Waals surface area contributed by atoms with Crippen molar-refractivity contribution >= 4 is 50.6 Å². The number of rotatable bonds is 6. The highest BCUT2D eigenvalue weighted by Crippen LogP contribution is 2.50. The fourth-order valence-electron chi connectivity index (χ4n) is 8.69. The molecule has 0 saturated heterocycles. The molecule has 3 heteroatoms. The van der Waals surface area contributed by atoms with Crippen LogP contribution in [-0.2, 0) is 6.54 Å². The number of hydrogen-bond donors (Lipinski definition) is 0. The summed E-state index contributed by atoms with van der Waals surface area (Å²) in [7, 11) is 0. The van der Waals surface area contributed by atoms with Crippen molar-refractivity contribution in [3.8, 4) is 0 Å². The van der Waals surface area contributed by atoms with Gasteiger partial charge < -0.3 is 14.2 Å². The molecule has 3 nitrogen and oxygen atoms in total. The van der Waals surface area contributed by atoms with Crippen LogP contribution < -0.4 is 9.80 Å². The highest BCUT2D eigenvalue weighted by molar-refractivity contribution is 5.88. The van der Waals surface area contributed by atoms with E-state index in [9.17, 15) is 0 Å². The topological polar surface area (TPSA) is 19.6 Å². The summed E-state index contributed by atoms with van der Waals surface area (Å²) in [6, 6.07) is 56.6. The van der Waals surface area contributed by atoms with E-state index in [1.165, 1.54) is 27.6 Å². The molecular formula is C51H44N2O. The van der Waals surface area contributed by atoms with Crippen molar-refractivity contribution in [3.05, 3.63) is 211 Å². The maximum absolute atomic E-state index is 6.83. The Kier molecular flexibility index (Phi) is 8.84. The average molecular weight is 701 g/mol. The number of nitrogens with zero attached hydrogens (tertiary/aromatic N) is 2. The Bertz CT molecular complexity index is 2450. The van der Waals surface area contributed by atoms with E-state index in [2.05, 4.69) is 200 Å². The van der Waals surface area contributed by atoms with E-state index in [0.29, 0.717) is 12.5 Å². The number of anilines is 5. The number of para-hydroxylation sites is 4. The van der Waals surface area contributed by atoms with Gasteiger partial charge in [0.05, 0.1) is 6.54 Å². The minimum Gasteiger partial charge on any atom is -0.459 e. The first kappa shape index (κ1) is 33.5. The van der Waals surface area contributed by atoms with Crippen molar-refractivity contribution in [3.63, 3.8) is 0 Å². The third-order valence-corrected chi connectivity index (χ3v) is 11.4. The van der Waals surface area contributed by atoms with Crippen LogP contribution in [0, 0.1) is 5.92 Å². The highest BCUT2D eigenvalue weighted by Gasteiger charge is 2.34. The van der Waals surface area contributed by atoms with E-state index >= 15 is 0 Å². The van der Waals surface area contributed by atoms with Gasteiger partial charge in [-0.05, 0) is 101 Å². The van der Waals surface area contributed by atoms with E-state index in [0.717, 1.165) is 57.3 Å². The van der Waals surface area contributed by atoms with Gasteiger partial charge in [0, 0.05) is 50.9 Å². The second-order valence-corrected chi connectivity index (χ2v) is 14.7. The van der Waals surface area contributed by atoms with Crippen molar-refractivity contribution in [1.82, 2.24) is 0 Å². The summed E-state index contributed by atoms with van der Waals surface area (Å²) in [5, 5.41) is 1.17. The van der Waals surface area contributed by atoms with Crippen molar-refractivity contribution in [2.45, 2.75) is 38.6 Å². The van der Waals surface area contributed by atoms with Gasteiger partial charge in [-0.3, -0.25) is 0 Å². The molecule has 0 amide bonds. The van der Waals surface area contributed by atoms with Crippen LogP contribution in [0.2, 0.25) is 0 Å². The zero-order chi connectivity index (χ0) is 36.6. The van der Waals surface area contributed by atoms with E-state index in [1.54, 1.807) is 0 Å². The van der Waals surface area contributed by atoms with Crippen LogP contribution in [0.15, 0.2) is 187 Å². The number of hydrogen-bond acceptors (Lipinski definition) is 3. The lowest BCUT2D eigenvalue weighted by Crippen LogP contribution is -2.18. The van der Waals surface area contributed by atoms with E-state index < -0.39 is 0 Å². The molecule has 1 aromatic heterocycles. The van der Waals surface area contributed by atoms with Gasteiger partial charge in [-0.1, -0.05) is 136 Å². The molecule has 0 radical (unpaired) electrons. The number of fused-ring (bicyclic) bond motifs is 4. The molecule has 3 atom stereocenters. The smallest absolute Gasteiger partial charge is 0.134 e. The normalized spacial score (nSPS) is 18.3. The van der Waals surface area contributed by atoms with Gasteiger partial charge >= 0.3 is 0 Å². The summed E-state index contributed by atoms with van der Waals surface area (Å²) in [6.45, 7) is 10.2. The maximum atomic E-state index is 6.83. The number of benzene rings is 6. The van der Waals surface area contributed by atoms with Gasteiger partial charge in [0.15, 0.2) is 0 Å². The molecule has 3 unspecified atom stereocenters. The molecule has 2 heterocycles. The zero-order valence-corrected chi connectivity index (χ0v) is 30.9. The van der Waals surface area contributed by atoms with Gasteiger partial charge in [-0.25, -0.2) is 0 Å². The molecule has 2 aliphatic rings. The summed E-state index contributed by atoms with van der Waals surface area (Å²) in [5.41, 5.74) is 13.9.